The standard InChI is InChI=1S/C22H28N2O6S.ClH/c1-28-19-8-3-2-6-16(19)9-11-24-10-5-4-7-18(25)17-14-20-22(30-13-12-29-20)21(15-17)31(23,26)27;/h2-3,6,8,14-15,24H,4-5,7,9-13H2,1H3,(H2,23,26,27);1H. The number of sulfonamides is 1. The highest BCUT2D eigenvalue weighted by molar-refractivity contribution is 7.89. The zero-order valence-electron chi connectivity index (χ0n) is 18.0. The van der Waals surface area contributed by atoms with Crippen LogP contribution in [0.25, 0.3) is 0 Å². The Hall–Kier alpha value is -2.33. The molecule has 3 rings (SSSR count). The Morgan fingerprint density at radius 1 is 1.12 bits per heavy atom. The van der Waals surface area contributed by atoms with Crippen LogP contribution in [0.3, 0.4) is 0 Å². The molecule has 2 aromatic rings. The number of ether oxygens (including phenoxy) is 3. The smallest absolute Gasteiger partial charge is 0.241 e. The monoisotopic (exact) mass is 484 g/mol. The molecule has 1 aliphatic rings. The molecule has 1 aliphatic heterocycles. The molecule has 0 amide bonds. The SMILES string of the molecule is COc1ccccc1CCNCCCCC(=O)c1cc2c(c(S(N)(=O)=O)c1)OCCO2.Cl. The molecule has 8 nitrogen and oxygen atoms in total. The third kappa shape index (κ3) is 6.83. The molecule has 10 heteroatoms. The molecule has 0 spiro atoms. The lowest BCUT2D eigenvalue weighted by Gasteiger charge is -2.21. The first-order chi connectivity index (χ1) is 14.9. The number of Topliss-reactive ketones (excluding diaryl/α,β-unsaturated/α-hetero) is 1. The van der Waals surface area contributed by atoms with Crippen molar-refractivity contribution in [3.63, 3.8) is 0 Å². The van der Waals surface area contributed by atoms with E-state index in [2.05, 4.69) is 5.32 Å². The van der Waals surface area contributed by atoms with Gasteiger partial charge in [-0.3, -0.25) is 4.79 Å². The Labute approximate surface area is 194 Å². The van der Waals surface area contributed by atoms with Gasteiger partial charge in [0, 0.05) is 12.0 Å². The second-order valence-electron chi connectivity index (χ2n) is 7.24. The topological polar surface area (TPSA) is 117 Å². The Morgan fingerprint density at radius 2 is 1.88 bits per heavy atom. The van der Waals surface area contributed by atoms with Crippen molar-refractivity contribution < 1.29 is 27.4 Å². The van der Waals surface area contributed by atoms with Crippen LogP contribution in [0, 0.1) is 0 Å². The Morgan fingerprint density at radius 3 is 2.62 bits per heavy atom. The minimum atomic E-state index is -4.04. The van der Waals surface area contributed by atoms with E-state index in [0.29, 0.717) is 12.8 Å². The van der Waals surface area contributed by atoms with Gasteiger partial charge in [0.05, 0.1) is 7.11 Å². The molecular weight excluding hydrogens is 456 g/mol. The summed E-state index contributed by atoms with van der Waals surface area (Å²) in [4.78, 5) is 12.4. The molecule has 1 heterocycles. The van der Waals surface area contributed by atoms with Gasteiger partial charge >= 0.3 is 0 Å². The number of unbranched alkanes of at least 4 members (excludes halogenated alkanes) is 1. The zero-order valence-corrected chi connectivity index (χ0v) is 19.6. The van der Waals surface area contributed by atoms with E-state index >= 15 is 0 Å². The molecule has 0 saturated carbocycles. The van der Waals surface area contributed by atoms with Gasteiger partial charge in [0.2, 0.25) is 10.0 Å². The summed E-state index contributed by atoms with van der Waals surface area (Å²) in [6, 6.07) is 10.7. The number of benzene rings is 2. The molecule has 0 aliphatic carbocycles. The first-order valence-electron chi connectivity index (χ1n) is 10.2. The quantitative estimate of drug-likeness (QED) is 0.372. The highest BCUT2D eigenvalue weighted by Crippen LogP contribution is 2.37. The van der Waals surface area contributed by atoms with Gasteiger partial charge in [-0.1, -0.05) is 18.2 Å². The fraction of sp³-hybridized carbons (Fsp3) is 0.409. The van der Waals surface area contributed by atoms with Gasteiger partial charge in [0.1, 0.15) is 23.9 Å². The van der Waals surface area contributed by atoms with Crippen LogP contribution in [0.5, 0.6) is 17.2 Å². The number of primary sulfonamides is 1. The Kier molecular flexibility index (Phi) is 9.77. The predicted molar refractivity (Wildman–Crippen MR) is 124 cm³/mol. The fourth-order valence-electron chi connectivity index (χ4n) is 3.43. The number of fused-ring (bicyclic) bond motifs is 1. The van der Waals surface area contributed by atoms with E-state index in [9.17, 15) is 13.2 Å². The second kappa shape index (κ2) is 12.1. The van der Waals surface area contributed by atoms with E-state index in [1.165, 1.54) is 12.1 Å². The van der Waals surface area contributed by atoms with Gasteiger partial charge in [-0.05, 0) is 56.1 Å². The van der Waals surface area contributed by atoms with E-state index in [0.717, 1.165) is 37.2 Å². The lowest BCUT2D eigenvalue weighted by atomic mass is 10.0. The largest absolute Gasteiger partial charge is 0.496 e. The maximum atomic E-state index is 12.6. The lowest BCUT2D eigenvalue weighted by Crippen LogP contribution is -2.21. The average molecular weight is 485 g/mol. The van der Waals surface area contributed by atoms with Crippen LogP contribution in [-0.4, -0.2) is 47.6 Å². The van der Waals surface area contributed by atoms with Crippen LogP contribution >= 0.6 is 12.4 Å². The third-order valence-electron chi connectivity index (χ3n) is 5.01. The molecule has 2 aromatic carbocycles. The highest BCUT2D eigenvalue weighted by atomic mass is 35.5. The zero-order chi connectivity index (χ0) is 22.3. The maximum Gasteiger partial charge on any atom is 0.241 e. The minimum absolute atomic E-state index is 0. The van der Waals surface area contributed by atoms with Crippen LogP contribution in [0.15, 0.2) is 41.3 Å². The number of nitrogens with one attached hydrogen (secondary N) is 1. The van der Waals surface area contributed by atoms with Crippen molar-refractivity contribution >= 4 is 28.2 Å². The fourth-order valence-corrected chi connectivity index (χ4v) is 4.14. The van der Waals surface area contributed by atoms with E-state index in [4.69, 9.17) is 19.3 Å². The van der Waals surface area contributed by atoms with E-state index < -0.39 is 10.0 Å². The van der Waals surface area contributed by atoms with Crippen LogP contribution in [0.4, 0.5) is 0 Å². The number of carbonyl (C=O) groups is 1. The van der Waals surface area contributed by atoms with E-state index in [1.807, 2.05) is 24.3 Å². The summed E-state index contributed by atoms with van der Waals surface area (Å²) in [5.74, 6) is 1.03. The minimum Gasteiger partial charge on any atom is -0.496 e. The number of ketones is 1. The number of halogens is 1. The van der Waals surface area contributed by atoms with Gasteiger partial charge < -0.3 is 19.5 Å². The van der Waals surface area contributed by atoms with Gasteiger partial charge in [-0.2, -0.15) is 0 Å². The van der Waals surface area contributed by atoms with Crippen LogP contribution in [-0.2, 0) is 16.4 Å². The van der Waals surface area contributed by atoms with Crippen molar-refractivity contribution in [2.45, 2.75) is 30.6 Å². The lowest BCUT2D eigenvalue weighted by molar-refractivity contribution is 0.0977. The number of hydrogen-bond acceptors (Lipinski definition) is 7. The molecule has 0 atom stereocenters. The number of rotatable bonds is 11. The van der Waals surface area contributed by atoms with Crippen LogP contribution in [0.1, 0.15) is 35.2 Å². The van der Waals surface area contributed by atoms with Gasteiger partial charge in [0.15, 0.2) is 17.3 Å². The third-order valence-corrected chi connectivity index (χ3v) is 5.92. The van der Waals surface area contributed by atoms with Crippen molar-refractivity contribution in [1.82, 2.24) is 5.32 Å². The van der Waals surface area contributed by atoms with Gasteiger partial charge in [-0.25, -0.2) is 13.6 Å². The predicted octanol–water partition coefficient (Wildman–Crippen LogP) is 2.72. The van der Waals surface area contributed by atoms with Crippen molar-refractivity contribution in [2.75, 3.05) is 33.4 Å². The van der Waals surface area contributed by atoms with Gasteiger partial charge in [-0.15, -0.1) is 12.4 Å². The summed E-state index contributed by atoms with van der Waals surface area (Å²) in [6.45, 7) is 2.11. The van der Waals surface area contributed by atoms with Crippen molar-refractivity contribution in [3.05, 3.63) is 47.5 Å². The Bertz CT molecular complexity index is 1030. The van der Waals surface area contributed by atoms with Crippen molar-refractivity contribution in [2.24, 2.45) is 5.14 Å². The summed E-state index contributed by atoms with van der Waals surface area (Å²) in [6.07, 6.45) is 2.66. The van der Waals surface area contributed by atoms with Crippen LogP contribution < -0.4 is 24.7 Å². The molecule has 0 unspecified atom stereocenters. The first kappa shape index (κ1) is 25.9. The molecule has 0 aromatic heterocycles. The number of carbonyl (C=O) groups excluding carboxylic acids is 1. The molecule has 176 valence electrons. The Balaban J connectivity index is 0.00000363. The molecule has 0 radical (unpaired) electrons. The van der Waals surface area contributed by atoms with Crippen molar-refractivity contribution in [3.8, 4) is 17.2 Å². The molecular formula is C22H29ClN2O6S. The number of methoxy groups -OCH3 is 1. The molecule has 3 N–H and O–H groups in total. The number of para-hydroxylation sites is 1. The highest BCUT2D eigenvalue weighted by Gasteiger charge is 2.25. The van der Waals surface area contributed by atoms with Crippen molar-refractivity contribution in [1.29, 1.82) is 0 Å². The average Bonchev–Trinajstić information content (AvgIpc) is 2.77. The summed E-state index contributed by atoms with van der Waals surface area (Å²) in [5.41, 5.74) is 1.41. The first-order valence-corrected chi connectivity index (χ1v) is 11.8. The molecule has 0 fully saturated rings. The van der Waals surface area contributed by atoms with Gasteiger partial charge in [0.25, 0.3) is 0 Å². The summed E-state index contributed by atoms with van der Waals surface area (Å²) in [7, 11) is -2.38. The molecule has 0 saturated heterocycles. The summed E-state index contributed by atoms with van der Waals surface area (Å²) in [5, 5.41) is 8.66. The maximum absolute atomic E-state index is 12.6. The normalized spacial score (nSPS) is 12.7. The summed E-state index contributed by atoms with van der Waals surface area (Å²) < 4.78 is 40.0. The number of nitrogens with two attached hydrogens (primary N) is 1. The van der Waals surface area contributed by atoms with Crippen LogP contribution in [0.2, 0.25) is 0 Å². The summed E-state index contributed by atoms with van der Waals surface area (Å²) >= 11 is 0. The van der Waals surface area contributed by atoms with E-state index in [-0.39, 0.29) is 53.4 Å². The molecule has 32 heavy (non-hydrogen) atoms. The second-order valence-corrected chi connectivity index (χ2v) is 8.77. The molecule has 0 bridgehead atoms. The number of hydrogen-bond donors (Lipinski definition) is 2. The van der Waals surface area contributed by atoms with E-state index in [1.54, 1.807) is 7.11 Å².